The number of nitrogens with zero attached hydrogens (tertiary/aromatic N) is 1. The van der Waals surface area contributed by atoms with E-state index in [9.17, 15) is 22.0 Å². The summed E-state index contributed by atoms with van der Waals surface area (Å²) in [5, 5.41) is -0.149. The lowest BCUT2D eigenvalue weighted by atomic mass is 10.2. The molecule has 0 aliphatic heterocycles. The first-order valence-corrected chi connectivity index (χ1v) is 7.37. The van der Waals surface area contributed by atoms with Crippen molar-refractivity contribution in [3.05, 3.63) is 40.2 Å². The van der Waals surface area contributed by atoms with Crippen molar-refractivity contribution in [2.45, 2.75) is 18.4 Å². The molecule has 19 heavy (non-hydrogen) atoms. The smallest absolute Gasteiger partial charge is 0.208 e. The molecular formula is C12H11F2NO3S. The van der Waals surface area contributed by atoms with E-state index < -0.39 is 31.8 Å². The third-order valence-electron chi connectivity index (χ3n) is 2.83. The summed E-state index contributed by atoms with van der Waals surface area (Å²) >= 11 is 0. The van der Waals surface area contributed by atoms with Crippen LogP contribution in [0.1, 0.15) is 6.92 Å². The van der Waals surface area contributed by atoms with Crippen LogP contribution in [-0.4, -0.2) is 19.2 Å². The number of fused-ring (bicyclic) bond motifs is 1. The Morgan fingerprint density at radius 2 is 1.79 bits per heavy atom. The standard InChI is InChI=1S/C12H11F2NO3S/c1-3-15-6-11(19(2,17)18)12(16)7-4-8(13)9(14)5-10(7)15/h4-6H,3H2,1-2H3. The van der Waals surface area contributed by atoms with Crippen LogP contribution in [0, 0.1) is 11.6 Å². The summed E-state index contributed by atoms with van der Waals surface area (Å²) in [5.74, 6) is -2.26. The predicted molar refractivity (Wildman–Crippen MR) is 66.9 cm³/mol. The molecule has 0 N–H and O–H groups in total. The summed E-state index contributed by atoms with van der Waals surface area (Å²) < 4.78 is 50.9. The van der Waals surface area contributed by atoms with Gasteiger partial charge in [-0.05, 0) is 13.0 Å². The van der Waals surface area contributed by atoms with Crippen LogP contribution in [0.15, 0.2) is 28.0 Å². The molecular weight excluding hydrogens is 276 g/mol. The molecule has 0 aliphatic carbocycles. The number of pyridine rings is 1. The van der Waals surface area contributed by atoms with Crippen LogP contribution in [0.3, 0.4) is 0 Å². The second kappa shape index (κ2) is 4.41. The van der Waals surface area contributed by atoms with E-state index in [1.165, 1.54) is 4.57 Å². The van der Waals surface area contributed by atoms with Crippen molar-refractivity contribution in [2.24, 2.45) is 0 Å². The van der Waals surface area contributed by atoms with Crippen molar-refractivity contribution >= 4 is 20.7 Å². The quantitative estimate of drug-likeness (QED) is 0.845. The number of rotatable bonds is 2. The van der Waals surface area contributed by atoms with Crippen LogP contribution in [0.25, 0.3) is 10.9 Å². The third kappa shape index (κ3) is 2.25. The van der Waals surface area contributed by atoms with Crippen molar-refractivity contribution in [1.82, 2.24) is 4.57 Å². The second-order valence-corrected chi connectivity index (χ2v) is 6.15. The summed E-state index contributed by atoms with van der Waals surface area (Å²) in [4.78, 5) is 11.6. The zero-order valence-corrected chi connectivity index (χ0v) is 11.1. The van der Waals surface area contributed by atoms with E-state index in [1.54, 1.807) is 6.92 Å². The summed E-state index contributed by atoms with van der Waals surface area (Å²) in [7, 11) is -3.73. The van der Waals surface area contributed by atoms with E-state index in [1.807, 2.05) is 0 Å². The highest BCUT2D eigenvalue weighted by Crippen LogP contribution is 2.18. The molecule has 0 saturated heterocycles. The Morgan fingerprint density at radius 3 is 2.32 bits per heavy atom. The number of aromatic nitrogens is 1. The van der Waals surface area contributed by atoms with Gasteiger partial charge in [-0.25, -0.2) is 17.2 Å². The third-order valence-corrected chi connectivity index (χ3v) is 3.92. The van der Waals surface area contributed by atoms with Crippen LogP contribution < -0.4 is 5.43 Å². The Hall–Kier alpha value is -1.76. The average Bonchev–Trinajstić information content (AvgIpc) is 2.31. The van der Waals surface area contributed by atoms with Crippen molar-refractivity contribution in [3.8, 4) is 0 Å². The van der Waals surface area contributed by atoms with Crippen molar-refractivity contribution in [1.29, 1.82) is 0 Å². The van der Waals surface area contributed by atoms with Crippen LogP contribution in [-0.2, 0) is 16.4 Å². The fourth-order valence-electron chi connectivity index (χ4n) is 1.88. The minimum atomic E-state index is -3.73. The second-order valence-electron chi connectivity index (χ2n) is 4.16. The van der Waals surface area contributed by atoms with Gasteiger partial charge in [0.05, 0.1) is 10.9 Å². The van der Waals surface area contributed by atoms with E-state index >= 15 is 0 Å². The molecule has 102 valence electrons. The van der Waals surface area contributed by atoms with Crippen molar-refractivity contribution < 1.29 is 17.2 Å². The fourth-order valence-corrected chi connectivity index (χ4v) is 2.65. The summed E-state index contributed by atoms with van der Waals surface area (Å²) in [6.45, 7) is 2.03. The van der Waals surface area contributed by atoms with Gasteiger partial charge in [-0.15, -0.1) is 0 Å². The molecule has 2 aromatic rings. The highest BCUT2D eigenvalue weighted by Gasteiger charge is 2.18. The molecule has 0 unspecified atom stereocenters. The normalized spacial score (nSPS) is 12.0. The van der Waals surface area contributed by atoms with Crippen LogP contribution in [0.2, 0.25) is 0 Å². The molecule has 0 amide bonds. The Morgan fingerprint density at radius 1 is 1.21 bits per heavy atom. The lowest BCUT2D eigenvalue weighted by Gasteiger charge is -2.11. The molecule has 1 heterocycles. The van der Waals surface area contributed by atoms with E-state index in [2.05, 4.69) is 0 Å². The molecule has 4 nitrogen and oxygen atoms in total. The Balaban J connectivity index is 3.05. The van der Waals surface area contributed by atoms with Gasteiger partial charge < -0.3 is 4.57 Å². The highest BCUT2D eigenvalue weighted by molar-refractivity contribution is 7.90. The number of hydrogen-bond acceptors (Lipinski definition) is 3. The molecule has 0 spiro atoms. The molecule has 1 aromatic heterocycles. The van der Waals surface area contributed by atoms with Gasteiger partial charge in [0.15, 0.2) is 21.5 Å². The minimum absolute atomic E-state index is 0.149. The van der Waals surface area contributed by atoms with Crippen molar-refractivity contribution in [2.75, 3.05) is 6.26 Å². The van der Waals surface area contributed by atoms with Crippen LogP contribution in [0.4, 0.5) is 8.78 Å². The molecule has 7 heteroatoms. The van der Waals surface area contributed by atoms with E-state index in [0.29, 0.717) is 6.54 Å². The Labute approximate surface area is 108 Å². The molecule has 0 aliphatic rings. The first-order chi connectivity index (χ1) is 8.75. The van der Waals surface area contributed by atoms with Gasteiger partial charge in [0, 0.05) is 25.1 Å². The van der Waals surface area contributed by atoms with Crippen LogP contribution in [0.5, 0.6) is 0 Å². The number of benzene rings is 1. The van der Waals surface area contributed by atoms with Gasteiger partial charge in [0.2, 0.25) is 5.43 Å². The molecule has 0 radical (unpaired) electrons. The molecule has 2 rings (SSSR count). The number of sulfone groups is 1. The van der Waals surface area contributed by atoms with Crippen molar-refractivity contribution in [3.63, 3.8) is 0 Å². The molecule has 1 aromatic carbocycles. The molecule has 0 bridgehead atoms. The zero-order valence-electron chi connectivity index (χ0n) is 10.3. The topological polar surface area (TPSA) is 56.1 Å². The maximum Gasteiger partial charge on any atom is 0.208 e. The number of halogens is 2. The molecule has 0 saturated carbocycles. The zero-order chi connectivity index (χ0) is 14.4. The lowest BCUT2D eigenvalue weighted by molar-refractivity contribution is 0.510. The summed E-state index contributed by atoms with van der Waals surface area (Å²) in [6.07, 6.45) is 2.05. The van der Waals surface area contributed by atoms with Gasteiger partial charge in [0.25, 0.3) is 0 Å². The predicted octanol–water partition coefficient (Wildman–Crippen LogP) is 1.70. The van der Waals surface area contributed by atoms with Gasteiger partial charge in [-0.3, -0.25) is 4.79 Å². The van der Waals surface area contributed by atoms with Gasteiger partial charge in [-0.2, -0.15) is 0 Å². The van der Waals surface area contributed by atoms with Crippen LogP contribution >= 0.6 is 0 Å². The van der Waals surface area contributed by atoms with E-state index in [0.717, 1.165) is 24.6 Å². The van der Waals surface area contributed by atoms with Gasteiger partial charge in [0.1, 0.15) is 4.90 Å². The largest absolute Gasteiger partial charge is 0.346 e. The molecule has 0 atom stereocenters. The lowest BCUT2D eigenvalue weighted by Crippen LogP contribution is -2.18. The van der Waals surface area contributed by atoms with E-state index in [-0.39, 0.29) is 10.9 Å². The fraction of sp³-hybridized carbons (Fsp3) is 0.250. The summed E-state index contributed by atoms with van der Waals surface area (Å²) in [5.41, 5.74) is -0.653. The minimum Gasteiger partial charge on any atom is -0.346 e. The SMILES string of the molecule is CCn1cc(S(C)(=O)=O)c(=O)c2cc(F)c(F)cc21. The Bertz CT molecular complexity index is 825. The highest BCUT2D eigenvalue weighted by atomic mass is 32.2. The monoisotopic (exact) mass is 287 g/mol. The first-order valence-electron chi connectivity index (χ1n) is 5.48. The summed E-state index contributed by atoms with van der Waals surface area (Å²) in [6, 6.07) is 1.62. The number of hydrogen-bond donors (Lipinski definition) is 0. The first kappa shape index (κ1) is 13.7. The van der Waals surface area contributed by atoms with Gasteiger partial charge in [-0.1, -0.05) is 0 Å². The molecule has 0 fully saturated rings. The van der Waals surface area contributed by atoms with E-state index in [4.69, 9.17) is 0 Å². The average molecular weight is 287 g/mol. The Kier molecular flexibility index (Phi) is 3.17. The maximum atomic E-state index is 13.2. The van der Waals surface area contributed by atoms with Gasteiger partial charge >= 0.3 is 0 Å². The number of aryl methyl sites for hydroxylation is 1. The maximum absolute atomic E-state index is 13.2.